The van der Waals surface area contributed by atoms with Crippen LogP contribution in [-0.4, -0.2) is 21.8 Å². The molecule has 1 aromatic carbocycles. The van der Waals surface area contributed by atoms with Crippen molar-refractivity contribution in [3.63, 3.8) is 0 Å². The molecular weight excluding hydrogens is 344 g/mol. The first kappa shape index (κ1) is 11.3. The molecule has 0 spiro atoms. The van der Waals surface area contributed by atoms with E-state index in [4.69, 9.17) is 0 Å². The maximum atomic E-state index is 11.8. The van der Waals surface area contributed by atoms with Crippen molar-refractivity contribution in [3.8, 4) is 5.75 Å². The number of benzene rings is 1. The Morgan fingerprint density at radius 1 is 1.00 bits per heavy atom. The summed E-state index contributed by atoms with van der Waals surface area (Å²) >= 11 is 5.88. The molecule has 6 heteroatoms. The SMILES string of the molecule is O=C1C(O)=C(Br)C(=O)c2c1ccc(O)c2Br. The number of carbonyl (C=O) groups is 2. The van der Waals surface area contributed by atoms with Gasteiger partial charge in [-0.15, -0.1) is 0 Å². The van der Waals surface area contributed by atoms with Gasteiger partial charge in [0.1, 0.15) is 10.2 Å². The fourth-order valence-corrected chi connectivity index (χ4v) is 2.32. The zero-order chi connectivity index (χ0) is 12.0. The van der Waals surface area contributed by atoms with Gasteiger partial charge in [0, 0.05) is 5.56 Å². The van der Waals surface area contributed by atoms with E-state index in [2.05, 4.69) is 31.9 Å². The molecule has 82 valence electrons. The van der Waals surface area contributed by atoms with Crippen molar-refractivity contribution in [2.24, 2.45) is 0 Å². The normalized spacial score (nSPS) is 15.4. The molecule has 0 aliphatic heterocycles. The average Bonchev–Trinajstić information content (AvgIpc) is 2.27. The number of hydrogen-bond acceptors (Lipinski definition) is 4. The van der Waals surface area contributed by atoms with E-state index in [1.807, 2.05) is 0 Å². The fraction of sp³-hybridized carbons (Fsp3) is 0. The third-order valence-corrected chi connectivity index (χ3v) is 3.75. The molecule has 0 bridgehead atoms. The van der Waals surface area contributed by atoms with Crippen LogP contribution in [0.15, 0.2) is 26.8 Å². The van der Waals surface area contributed by atoms with E-state index in [1.165, 1.54) is 12.1 Å². The van der Waals surface area contributed by atoms with Gasteiger partial charge in [0.2, 0.25) is 11.6 Å². The molecule has 0 fully saturated rings. The number of aliphatic hydroxyl groups excluding tert-OH is 1. The molecule has 1 aliphatic carbocycles. The quantitative estimate of drug-likeness (QED) is 0.756. The number of hydrogen-bond donors (Lipinski definition) is 2. The summed E-state index contributed by atoms with van der Waals surface area (Å²) in [6.45, 7) is 0. The van der Waals surface area contributed by atoms with Crippen LogP contribution in [-0.2, 0) is 0 Å². The summed E-state index contributed by atoms with van der Waals surface area (Å²) in [6, 6.07) is 2.58. The summed E-state index contributed by atoms with van der Waals surface area (Å²) in [5, 5.41) is 18.8. The second kappa shape index (κ2) is 3.71. The monoisotopic (exact) mass is 346 g/mol. The molecule has 1 aromatic rings. The highest BCUT2D eigenvalue weighted by atomic mass is 79.9. The number of aromatic hydroxyl groups is 1. The van der Waals surface area contributed by atoms with Gasteiger partial charge in [0.15, 0.2) is 5.76 Å². The zero-order valence-electron chi connectivity index (χ0n) is 7.62. The molecule has 0 amide bonds. The second-order valence-electron chi connectivity index (χ2n) is 3.14. The van der Waals surface area contributed by atoms with Gasteiger partial charge >= 0.3 is 0 Å². The van der Waals surface area contributed by atoms with E-state index in [0.717, 1.165) is 0 Å². The molecule has 2 rings (SSSR count). The van der Waals surface area contributed by atoms with Crippen LogP contribution < -0.4 is 0 Å². The predicted molar refractivity (Wildman–Crippen MR) is 63.0 cm³/mol. The molecule has 0 unspecified atom stereocenters. The lowest BCUT2D eigenvalue weighted by atomic mass is 9.93. The third-order valence-electron chi connectivity index (χ3n) is 2.22. The first-order valence-corrected chi connectivity index (χ1v) is 5.73. The molecule has 0 aromatic heterocycles. The molecule has 2 N–H and O–H groups in total. The summed E-state index contributed by atoms with van der Waals surface area (Å²) in [4.78, 5) is 23.4. The highest BCUT2D eigenvalue weighted by Crippen LogP contribution is 2.37. The molecule has 4 nitrogen and oxygen atoms in total. The van der Waals surface area contributed by atoms with Crippen LogP contribution >= 0.6 is 31.9 Å². The number of phenols is 1. The summed E-state index contributed by atoms with van der Waals surface area (Å²) in [5.41, 5.74) is 0.116. The Morgan fingerprint density at radius 3 is 2.25 bits per heavy atom. The number of phenolic OH excluding ortho intramolecular Hbond substituents is 1. The lowest BCUT2D eigenvalue weighted by Gasteiger charge is -2.15. The highest BCUT2D eigenvalue weighted by Gasteiger charge is 2.33. The number of allylic oxidation sites excluding steroid dienone is 2. The molecule has 0 radical (unpaired) electrons. The number of Topliss-reactive ketones (excluding diaryl/α,β-unsaturated/α-hetero) is 2. The fourth-order valence-electron chi connectivity index (χ4n) is 1.42. The van der Waals surface area contributed by atoms with Crippen molar-refractivity contribution in [2.45, 2.75) is 0 Å². The molecule has 1 aliphatic rings. The lowest BCUT2D eigenvalue weighted by Crippen LogP contribution is -2.20. The van der Waals surface area contributed by atoms with E-state index >= 15 is 0 Å². The van der Waals surface area contributed by atoms with Gasteiger partial charge in [-0.25, -0.2) is 0 Å². The Morgan fingerprint density at radius 2 is 1.62 bits per heavy atom. The maximum absolute atomic E-state index is 11.8. The van der Waals surface area contributed by atoms with Crippen LogP contribution in [0.1, 0.15) is 20.7 Å². The van der Waals surface area contributed by atoms with Crippen molar-refractivity contribution in [2.75, 3.05) is 0 Å². The van der Waals surface area contributed by atoms with Crippen molar-refractivity contribution >= 4 is 43.4 Å². The minimum absolute atomic E-state index is 0.0506. The smallest absolute Gasteiger partial charge is 0.229 e. The van der Waals surface area contributed by atoms with Gasteiger partial charge in [0.25, 0.3) is 0 Å². The number of aliphatic hydroxyl groups is 1. The average molecular weight is 348 g/mol. The number of fused-ring (bicyclic) bond motifs is 1. The first-order valence-electron chi connectivity index (χ1n) is 4.14. The van der Waals surface area contributed by atoms with E-state index in [0.29, 0.717) is 0 Å². The number of rotatable bonds is 0. The summed E-state index contributed by atoms with van der Waals surface area (Å²) in [6.07, 6.45) is 0. The molecular formula is C10H4Br2O4. The van der Waals surface area contributed by atoms with Gasteiger partial charge in [-0.2, -0.15) is 0 Å². The van der Waals surface area contributed by atoms with Crippen LogP contribution in [0.25, 0.3) is 0 Å². The molecule has 16 heavy (non-hydrogen) atoms. The highest BCUT2D eigenvalue weighted by molar-refractivity contribution is 9.12. The minimum Gasteiger partial charge on any atom is -0.507 e. The minimum atomic E-state index is -0.651. The van der Waals surface area contributed by atoms with Crippen LogP contribution in [0, 0.1) is 0 Å². The van der Waals surface area contributed by atoms with Crippen LogP contribution in [0.4, 0.5) is 0 Å². The van der Waals surface area contributed by atoms with Crippen molar-refractivity contribution in [3.05, 3.63) is 38.0 Å². The van der Waals surface area contributed by atoms with Gasteiger partial charge in [-0.3, -0.25) is 9.59 Å². The van der Waals surface area contributed by atoms with Gasteiger partial charge in [-0.05, 0) is 44.0 Å². The van der Waals surface area contributed by atoms with Crippen molar-refractivity contribution in [1.82, 2.24) is 0 Å². The number of carbonyl (C=O) groups excluding carboxylic acids is 2. The summed E-state index contributed by atoms with van der Waals surface area (Å²) < 4.78 is -0.0518. The Kier molecular flexibility index (Phi) is 2.63. The first-order chi connectivity index (χ1) is 7.45. The Hall–Kier alpha value is -1.14. The number of ketones is 2. The van der Waals surface area contributed by atoms with Crippen LogP contribution in [0.5, 0.6) is 5.75 Å². The molecule has 0 saturated carbocycles. The van der Waals surface area contributed by atoms with Crippen molar-refractivity contribution in [1.29, 1.82) is 0 Å². The van der Waals surface area contributed by atoms with Crippen LogP contribution in [0.2, 0.25) is 0 Å². The Labute approximate surface area is 107 Å². The third kappa shape index (κ3) is 1.41. The topological polar surface area (TPSA) is 74.6 Å². The standard InChI is InChI=1S/C10H4Br2O4/c11-6-4(13)2-1-3-5(6)9(15)7(12)10(16)8(3)14/h1-2,13,16H. The molecule has 0 saturated heterocycles. The Balaban J connectivity index is 2.82. The Bertz CT molecular complexity index is 560. The van der Waals surface area contributed by atoms with E-state index in [9.17, 15) is 19.8 Å². The lowest BCUT2D eigenvalue weighted by molar-refractivity contribution is 0.0936. The largest absolute Gasteiger partial charge is 0.507 e. The number of halogens is 2. The predicted octanol–water partition coefficient (Wildman–Crippen LogP) is 2.70. The summed E-state index contributed by atoms with van der Waals surface area (Å²) in [7, 11) is 0. The van der Waals surface area contributed by atoms with E-state index in [-0.39, 0.29) is 25.8 Å². The van der Waals surface area contributed by atoms with E-state index < -0.39 is 17.3 Å². The van der Waals surface area contributed by atoms with Gasteiger partial charge < -0.3 is 10.2 Å². The van der Waals surface area contributed by atoms with Gasteiger partial charge in [0.05, 0.1) is 10.0 Å². The zero-order valence-corrected chi connectivity index (χ0v) is 10.8. The second-order valence-corrected chi connectivity index (χ2v) is 4.73. The maximum Gasteiger partial charge on any atom is 0.229 e. The van der Waals surface area contributed by atoms with E-state index in [1.54, 1.807) is 0 Å². The van der Waals surface area contributed by atoms with Gasteiger partial charge in [-0.1, -0.05) is 0 Å². The molecule has 0 atom stereocenters. The van der Waals surface area contributed by atoms with Crippen molar-refractivity contribution < 1.29 is 19.8 Å². The van der Waals surface area contributed by atoms with Crippen LogP contribution in [0.3, 0.4) is 0 Å². The summed E-state index contributed by atoms with van der Waals surface area (Å²) in [5.74, 6) is -1.95. The molecule has 0 heterocycles.